The number of nitrogens with zero attached hydrogens (tertiary/aromatic N) is 1. The van der Waals surface area contributed by atoms with E-state index in [2.05, 4.69) is 15.8 Å². The van der Waals surface area contributed by atoms with Gasteiger partial charge in [-0.3, -0.25) is 15.6 Å². The van der Waals surface area contributed by atoms with E-state index < -0.39 is 0 Å². The fourth-order valence-corrected chi connectivity index (χ4v) is 2.13. The predicted molar refractivity (Wildman–Crippen MR) is 87.2 cm³/mol. The lowest BCUT2D eigenvalue weighted by Crippen LogP contribution is -2.44. The highest BCUT2D eigenvalue weighted by atomic mass is 16.5. The van der Waals surface area contributed by atoms with Gasteiger partial charge in [0, 0.05) is 5.56 Å². The first kappa shape index (κ1) is 14.9. The lowest BCUT2D eigenvalue weighted by atomic mass is 10.2. The molecule has 23 heavy (non-hydrogen) atoms. The second kappa shape index (κ2) is 6.83. The van der Waals surface area contributed by atoms with Gasteiger partial charge in [-0.05, 0) is 43.3 Å². The van der Waals surface area contributed by atoms with Gasteiger partial charge in [-0.15, -0.1) is 0 Å². The van der Waals surface area contributed by atoms with Gasteiger partial charge in [0.15, 0.2) is 5.84 Å². The van der Waals surface area contributed by atoms with E-state index in [1.54, 1.807) is 24.3 Å². The summed E-state index contributed by atoms with van der Waals surface area (Å²) in [6.45, 7) is 2.78. The number of rotatable bonds is 3. The Morgan fingerprint density at radius 2 is 2.00 bits per heavy atom. The van der Waals surface area contributed by atoms with E-state index in [9.17, 15) is 4.79 Å². The molecule has 0 bridgehead atoms. The molecule has 2 aromatic rings. The minimum Gasteiger partial charge on any atom is -0.494 e. The van der Waals surface area contributed by atoms with Gasteiger partial charge < -0.3 is 9.47 Å². The van der Waals surface area contributed by atoms with E-state index in [1.165, 1.54) is 0 Å². The van der Waals surface area contributed by atoms with Crippen LogP contribution in [0, 0.1) is 0 Å². The zero-order valence-electron chi connectivity index (χ0n) is 12.7. The lowest BCUT2D eigenvalue weighted by molar-refractivity contribution is 0.0943. The van der Waals surface area contributed by atoms with Crippen LogP contribution in [0.4, 0.5) is 5.69 Å². The maximum Gasteiger partial charge on any atom is 0.269 e. The van der Waals surface area contributed by atoms with Crippen molar-refractivity contribution in [2.45, 2.75) is 6.92 Å². The fourth-order valence-electron chi connectivity index (χ4n) is 2.13. The van der Waals surface area contributed by atoms with E-state index in [0.29, 0.717) is 18.0 Å². The number of amides is 1. The molecule has 0 fully saturated rings. The molecule has 1 aliphatic rings. The van der Waals surface area contributed by atoms with Crippen molar-refractivity contribution in [3.8, 4) is 11.5 Å². The van der Waals surface area contributed by atoms with Crippen LogP contribution in [0.2, 0.25) is 0 Å². The third kappa shape index (κ3) is 3.60. The molecule has 1 amide bonds. The quantitative estimate of drug-likeness (QED) is 0.854. The minimum atomic E-state index is -0.255. The smallest absolute Gasteiger partial charge is 0.269 e. The van der Waals surface area contributed by atoms with Gasteiger partial charge >= 0.3 is 0 Å². The number of hydrogen-bond donors (Lipinski definition) is 2. The fraction of sp³-hybridized carbons (Fsp3) is 0.176. The molecular formula is C17H17N3O3. The van der Waals surface area contributed by atoms with Crippen molar-refractivity contribution in [1.82, 2.24) is 10.9 Å². The van der Waals surface area contributed by atoms with Crippen molar-refractivity contribution in [3.05, 3.63) is 54.1 Å². The zero-order valence-corrected chi connectivity index (χ0v) is 12.7. The Balaban J connectivity index is 1.60. The topological polar surface area (TPSA) is 72.0 Å². The summed E-state index contributed by atoms with van der Waals surface area (Å²) in [5.41, 5.74) is 6.66. The number of para-hydroxylation sites is 2. The molecule has 6 nitrogen and oxygen atoms in total. The van der Waals surface area contributed by atoms with Crippen LogP contribution in [0.5, 0.6) is 11.5 Å². The summed E-state index contributed by atoms with van der Waals surface area (Å²) >= 11 is 0. The first-order chi connectivity index (χ1) is 11.3. The van der Waals surface area contributed by atoms with Crippen molar-refractivity contribution in [3.63, 3.8) is 0 Å². The van der Waals surface area contributed by atoms with E-state index in [1.807, 2.05) is 31.2 Å². The molecule has 0 radical (unpaired) electrons. The molecule has 3 rings (SSSR count). The third-order valence-electron chi connectivity index (χ3n) is 3.23. The number of amidine groups is 1. The number of benzene rings is 2. The number of fused-ring (bicyclic) bond motifs is 1. The second-order valence-corrected chi connectivity index (χ2v) is 4.85. The van der Waals surface area contributed by atoms with Crippen molar-refractivity contribution in [1.29, 1.82) is 0 Å². The van der Waals surface area contributed by atoms with Crippen LogP contribution in [0.15, 0.2) is 53.5 Å². The van der Waals surface area contributed by atoms with Crippen molar-refractivity contribution in [2.24, 2.45) is 4.99 Å². The minimum absolute atomic E-state index is 0.255. The molecule has 1 aliphatic heterocycles. The predicted octanol–water partition coefficient (Wildman–Crippen LogP) is 2.44. The van der Waals surface area contributed by atoms with Gasteiger partial charge in [0.25, 0.3) is 5.91 Å². The molecule has 0 spiro atoms. The standard InChI is InChI=1S/C17H17N3O3/c1-2-22-13-9-7-12(8-10-13)17(21)20-19-16-11-23-15-6-4-3-5-14(15)18-16/h3-10H,2,11H2,1H3,(H,18,19)(H,20,21). The summed E-state index contributed by atoms with van der Waals surface area (Å²) in [5.74, 6) is 1.76. The number of carbonyl (C=O) groups excluding carboxylic acids is 1. The van der Waals surface area contributed by atoms with Crippen LogP contribution < -0.4 is 20.3 Å². The highest BCUT2D eigenvalue weighted by molar-refractivity contribution is 5.97. The molecule has 0 aromatic heterocycles. The maximum atomic E-state index is 12.1. The summed E-state index contributed by atoms with van der Waals surface area (Å²) < 4.78 is 10.9. The molecule has 118 valence electrons. The highest BCUT2D eigenvalue weighted by Gasteiger charge is 2.13. The molecule has 2 aromatic carbocycles. The van der Waals surface area contributed by atoms with Gasteiger partial charge in [0.1, 0.15) is 23.8 Å². The van der Waals surface area contributed by atoms with E-state index in [4.69, 9.17) is 9.47 Å². The molecule has 0 saturated carbocycles. The maximum absolute atomic E-state index is 12.1. The summed E-state index contributed by atoms with van der Waals surface area (Å²) in [6.07, 6.45) is 0. The van der Waals surface area contributed by atoms with E-state index in [0.717, 1.165) is 17.2 Å². The third-order valence-corrected chi connectivity index (χ3v) is 3.23. The second-order valence-electron chi connectivity index (χ2n) is 4.85. The summed E-state index contributed by atoms with van der Waals surface area (Å²) in [4.78, 5) is 16.5. The van der Waals surface area contributed by atoms with Crippen LogP contribution in [-0.2, 0) is 0 Å². The average Bonchev–Trinajstić information content (AvgIpc) is 2.60. The number of hydrazine groups is 1. The first-order valence-electron chi connectivity index (χ1n) is 7.35. The Hall–Kier alpha value is -3.02. The Kier molecular flexibility index (Phi) is 4.42. The van der Waals surface area contributed by atoms with E-state index in [-0.39, 0.29) is 12.5 Å². The van der Waals surface area contributed by atoms with Gasteiger partial charge in [-0.25, -0.2) is 4.99 Å². The first-order valence-corrected chi connectivity index (χ1v) is 7.35. The number of aliphatic imine (C=N–C) groups is 1. The summed E-state index contributed by atoms with van der Waals surface area (Å²) in [7, 11) is 0. The SMILES string of the molecule is CCOc1ccc(C(=O)NNC2=Nc3ccccc3OC2)cc1. The van der Waals surface area contributed by atoms with Crippen LogP contribution >= 0.6 is 0 Å². The van der Waals surface area contributed by atoms with Crippen LogP contribution in [-0.4, -0.2) is 25.0 Å². The number of hydrogen-bond acceptors (Lipinski definition) is 5. The molecule has 0 aliphatic carbocycles. The van der Waals surface area contributed by atoms with Crippen molar-refractivity contribution in [2.75, 3.05) is 13.2 Å². The molecule has 1 heterocycles. The number of carbonyl (C=O) groups is 1. The molecule has 2 N–H and O–H groups in total. The highest BCUT2D eigenvalue weighted by Crippen LogP contribution is 2.29. The van der Waals surface area contributed by atoms with Gasteiger partial charge in [0.05, 0.1) is 6.61 Å². The molecule has 0 unspecified atom stereocenters. The van der Waals surface area contributed by atoms with E-state index >= 15 is 0 Å². The van der Waals surface area contributed by atoms with Crippen molar-refractivity contribution < 1.29 is 14.3 Å². The molecule has 0 atom stereocenters. The summed E-state index contributed by atoms with van der Waals surface area (Å²) in [5, 5.41) is 0. The lowest BCUT2D eigenvalue weighted by Gasteiger charge is -2.18. The zero-order chi connectivity index (χ0) is 16.1. The van der Waals surface area contributed by atoms with Gasteiger partial charge in [0.2, 0.25) is 0 Å². The van der Waals surface area contributed by atoms with Crippen LogP contribution in [0.25, 0.3) is 0 Å². The van der Waals surface area contributed by atoms with Crippen molar-refractivity contribution >= 4 is 17.4 Å². The largest absolute Gasteiger partial charge is 0.494 e. The number of nitrogens with one attached hydrogen (secondary N) is 2. The Bertz CT molecular complexity index is 726. The molecule has 0 saturated heterocycles. The number of ether oxygens (including phenoxy) is 2. The van der Waals surface area contributed by atoms with Gasteiger partial charge in [-0.1, -0.05) is 12.1 Å². The Labute approximate surface area is 134 Å². The Morgan fingerprint density at radius 1 is 1.22 bits per heavy atom. The van der Waals surface area contributed by atoms with Crippen LogP contribution in [0.3, 0.4) is 0 Å². The molecular weight excluding hydrogens is 294 g/mol. The molecule has 6 heteroatoms. The Morgan fingerprint density at radius 3 is 2.78 bits per heavy atom. The average molecular weight is 311 g/mol. The normalized spacial score (nSPS) is 12.5. The van der Waals surface area contributed by atoms with Gasteiger partial charge in [-0.2, -0.15) is 0 Å². The van der Waals surface area contributed by atoms with Crippen LogP contribution in [0.1, 0.15) is 17.3 Å². The summed E-state index contributed by atoms with van der Waals surface area (Å²) in [6, 6.07) is 14.4. The monoisotopic (exact) mass is 311 g/mol.